The maximum absolute atomic E-state index is 3.38. The number of likely N-dealkylation sites (N-methyl/N-ethyl adjacent to an activating group) is 2. The minimum absolute atomic E-state index is 0. The number of nitrogens with zero attached hydrogens (tertiary/aromatic N) is 2. The summed E-state index contributed by atoms with van der Waals surface area (Å²) in [6.07, 6.45) is 2.67. The molecule has 0 unspecified atom stereocenters. The van der Waals surface area contributed by atoms with Crippen LogP contribution in [0.2, 0.25) is 0 Å². The lowest BCUT2D eigenvalue weighted by atomic mass is 10.2. The molecule has 2 saturated heterocycles. The van der Waals surface area contributed by atoms with E-state index in [1.807, 2.05) is 0 Å². The van der Waals surface area contributed by atoms with Gasteiger partial charge in [0.1, 0.15) is 0 Å². The van der Waals surface area contributed by atoms with Crippen LogP contribution in [0.3, 0.4) is 0 Å². The van der Waals surface area contributed by atoms with E-state index >= 15 is 0 Å². The van der Waals surface area contributed by atoms with Gasteiger partial charge in [0.25, 0.3) is 0 Å². The first-order valence-corrected chi connectivity index (χ1v) is 8.66. The lowest BCUT2D eigenvalue weighted by molar-refractivity contribution is 0.231. The van der Waals surface area contributed by atoms with Crippen LogP contribution >= 0.6 is 24.8 Å². The lowest BCUT2D eigenvalue weighted by Crippen LogP contribution is -2.36. The van der Waals surface area contributed by atoms with Crippen LogP contribution in [0.5, 0.6) is 0 Å². The van der Waals surface area contributed by atoms with Crippen molar-refractivity contribution in [3.63, 3.8) is 0 Å². The Morgan fingerprint density at radius 1 is 0.682 bits per heavy atom. The third-order valence-electron chi connectivity index (χ3n) is 4.73. The molecule has 2 aliphatic heterocycles. The summed E-state index contributed by atoms with van der Waals surface area (Å²) in [6.45, 7) is 18.6. The summed E-state index contributed by atoms with van der Waals surface area (Å²) in [5.74, 6) is 0. The van der Waals surface area contributed by atoms with Crippen LogP contribution in [0, 0.1) is 0 Å². The van der Waals surface area contributed by atoms with Crippen molar-refractivity contribution in [3.8, 4) is 0 Å². The van der Waals surface area contributed by atoms with Crippen molar-refractivity contribution in [1.82, 2.24) is 20.4 Å². The van der Waals surface area contributed by atoms with Crippen LogP contribution in [-0.4, -0.2) is 74.2 Å². The number of rotatable bonds is 6. The number of nitrogens with one attached hydrogen (secondary N) is 2. The maximum atomic E-state index is 3.38. The highest BCUT2D eigenvalue weighted by atomic mass is 35.5. The molecule has 0 spiro atoms. The molecule has 22 heavy (non-hydrogen) atoms. The van der Waals surface area contributed by atoms with Crippen LogP contribution < -0.4 is 10.6 Å². The Balaban J connectivity index is 0. The predicted molar refractivity (Wildman–Crippen MR) is 103 cm³/mol. The molecule has 136 valence electrons. The molecule has 0 aliphatic carbocycles. The molecule has 2 atom stereocenters. The number of hydrogen-bond donors (Lipinski definition) is 2. The van der Waals surface area contributed by atoms with Gasteiger partial charge in [0.05, 0.1) is 0 Å². The van der Waals surface area contributed by atoms with Crippen LogP contribution in [0.25, 0.3) is 0 Å². The molecule has 2 N–H and O–H groups in total. The first kappa shape index (κ1) is 24.7. The Bertz CT molecular complexity index is 200. The molecule has 0 amide bonds. The molecule has 2 heterocycles. The largest absolute Gasteiger partial charge is 0.315 e. The van der Waals surface area contributed by atoms with Crippen LogP contribution in [0.4, 0.5) is 0 Å². The molecule has 0 aromatic heterocycles. The minimum Gasteiger partial charge on any atom is -0.315 e. The third-order valence-corrected chi connectivity index (χ3v) is 4.73. The summed E-state index contributed by atoms with van der Waals surface area (Å²) in [5, 5.41) is 6.76. The van der Waals surface area contributed by atoms with E-state index in [1.54, 1.807) is 0 Å². The minimum atomic E-state index is 0. The summed E-state index contributed by atoms with van der Waals surface area (Å²) in [4.78, 5) is 5.06. The fourth-order valence-corrected chi connectivity index (χ4v) is 3.38. The molecule has 2 aliphatic rings. The lowest BCUT2D eigenvalue weighted by Gasteiger charge is -2.24. The molecule has 0 saturated carbocycles. The second kappa shape index (κ2) is 15.0. The van der Waals surface area contributed by atoms with Crippen LogP contribution in [0.1, 0.15) is 40.5 Å². The van der Waals surface area contributed by atoms with Crippen molar-refractivity contribution < 1.29 is 0 Å². The van der Waals surface area contributed by atoms with E-state index in [-0.39, 0.29) is 24.8 Å². The SMILES string of the molecule is CCN(CC)[C@H]1CCNC1.CCN(CC)[C@H]1CCNC1.Cl.Cl. The van der Waals surface area contributed by atoms with Gasteiger partial charge < -0.3 is 10.6 Å². The summed E-state index contributed by atoms with van der Waals surface area (Å²) >= 11 is 0. The van der Waals surface area contributed by atoms with Gasteiger partial charge in [-0.2, -0.15) is 0 Å². The first-order valence-electron chi connectivity index (χ1n) is 8.66. The zero-order valence-corrected chi connectivity index (χ0v) is 16.6. The smallest absolute Gasteiger partial charge is 0.0232 e. The van der Waals surface area contributed by atoms with Crippen molar-refractivity contribution in [2.24, 2.45) is 0 Å². The molecule has 6 heteroatoms. The first-order chi connectivity index (χ1) is 9.76. The highest BCUT2D eigenvalue weighted by Crippen LogP contribution is 2.07. The van der Waals surface area contributed by atoms with Crippen molar-refractivity contribution in [3.05, 3.63) is 0 Å². The molecule has 4 nitrogen and oxygen atoms in total. The summed E-state index contributed by atoms with van der Waals surface area (Å²) in [6, 6.07) is 1.63. The van der Waals surface area contributed by atoms with Gasteiger partial charge in [0.15, 0.2) is 0 Å². The van der Waals surface area contributed by atoms with E-state index < -0.39 is 0 Å². The molecule has 0 bridgehead atoms. The number of hydrogen-bond acceptors (Lipinski definition) is 4. The number of halogens is 2. The second-order valence-electron chi connectivity index (χ2n) is 5.74. The average Bonchev–Trinajstić information content (AvgIpc) is 3.15. The van der Waals surface area contributed by atoms with Crippen molar-refractivity contribution in [2.75, 3.05) is 52.4 Å². The highest BCUT2D eigenvalue weighted by Gasteiger charge is 2.19. The van der Waals surface area contributed by atoms with Gasteiger partial charge in [-0.3, -0.25) is 9.80 Å². The van der Waals surface area contributed by atoms with Crippen molar-refractivity contribution in [1.29, 1.82) is 0 Å². The Morgan fingerprint density at radius 3 is 1.18 bits per heavy atom. The Hall–Kier alpha value is 0.420. The quantitative estimate of drug-likeness (QED) is 0.763. The van der Waals surface area contributed by atoms with E-state index in [0.29, 0.717) is 0 Å². The van der Waals surface area contributed by atoms with Gasteiger partial charge >= 0.3 is 0 Å². The topological polar surface area (TPSA) is 30.5 Å². The average molecular weight is 357 g/mol. The fraction of sp³-hybridized carbons (Fsp3) is 1.00. The monoisotopic (exact) mass is 356 g/mol. The highest BCUT2D eigenvalue weighted by molar-refractivity contribution is 5.85. The van der Waals surface area contributed by atoms with Gasteiger partial charge in [-0.15, -0.1) is 24.8 Å². The van der Waals surface area contributed by atoms with Gasteiger partial charge in [0.2, 0.25) is 0 Å². The van der Waals surface area contributed by atoms with E-state index in [9.17, 15) is 0 Å². The predicted octanol–water partition coefficient (Wildman–Crippen LogP) is 2.22. The van der Waals surface area contributed by atoms with Gasteiger partial charge in [-0.05, 0) is 52.1 Å². The van der Waals surface area contributed by atoms with Gasteiger partial charge in [-0.25, -0.2) is 0 Å². The molecular formula is C16H38Cl2N4. The van der Waals surface area contributed by atoms with Crippen LogP contribution in [-0.2, 0) is 0 Å². The Kier molecular flexibility index (Phi) is 16.8. The molecule has 0 aromatic carbocycles. The molecule has 2 rings (SSSR count). The van der Waals surface area contributed by atoms with E-state index in [2.05, 4.69) is 48.1 Å². The summed E-state index contributed by atoms with van der Waals surface area (Å²) in [7, 11) is 0. The molecule has 0 aromatic rings. The normalized spacial score (nSPS) is 23.7. The molecular weight excluding hydrogens is 319 g/mol. The van der Waals surface area contributed by atoms with E-state index in [0.717, 1.165) is 12.1 Å². The Morgan fingerprint density at radius 2 is 1.00 bits per heavy atom. The zero-order chi connectivity index (χ0) is 14.8. The maximum Gasteiger partial charge on any atom is 0.0232 e. The van der Waals surface area contributed by atoms with Crippen molar-refractivity contribution >= 4 is 24.8 Å². The Labute approximate surface area is 150 Å². The van der Waals surface area contributed by atoms with Crippen LogP contribution in [0.15, 0.2) is 0 Å². The standard InChI is InChI=1S/2C8H18N2.2ClH/c2*1-3-10(4-2)8-5-6-9-7-8;;/h2*8-9H,3-7H2,1-2H3;2*1H/t2*8-;;/m00../s1. The molecule has 0 radical (unpaired) electrons. The van der Waals surface area contributed by atoms with E-state index in [1.165, 1.54) is 65.2 Å². The van der Waals surface area contributed by atoms with Crippen molar-refractivity contribution in [2.45, 2.75) is 52.6 Å². The third kappa shape index (κ3) is 8.32. The molecule has 2 fully saturated rings. The fourth-order valence-electron chi connectivity index (χ4n) is 3.38. The van der Waals surface area contributed by atoms with E-state index in [4.69, 9.17) is 0 Å². The zero-order valence-electron chi connectivity index (χ0n) is 14.9. The summed E-state index contributed by atoms with van der Waals surface area (Å²) < 4.78 is 0. The summed E-state index contributed by atoms with van der Waals surface area (Å²) in [5.41, 5.74) is 0. The van der Waals surface area contributed by atoms with Gasteiger partial charge in [-0.1, -0.05) is 27.7 Å². The van der Waals surface area contributed by atoms with Gasteiger partial charge in [0, 0.05) is 25.2 Å². The second-order valence-corrected chi connectivity index (χ2v) is 5.74.